The van der Waals surface area contributed by atoms with E-state index in [1.165, 1.54) is 7.11 Å². The molecule has 0 aromatic heterocycles. The molecule has 0 unspecified atom stereocenters. The van der Waals surface area contributed by atoms with E-state index in [1.54, 1.807) is 38.1 Å². The number of carbonyl (C=O) groups excluding carboxylic acids is 2. The highest BCUT2D eigenvalue weighted by atomic mass is 16.5. The van der Waals surface area contributed by atoms with Crippen LogP contribution < -0.4 is 5.32 Å². The van der Waals surface area contributed by atoms with Crippen LogP contribution in [-0.4, -0.2) is 35.6 Å². The van der Waals surface area contributed by atoms with Crippen LogP contribution in [0.3, 0.4) is 0 Å². The molecular weight excluding hydrogens is 298 g/mol. The number of carboxylic acid groups (broad SMARTS) is 1. The molecule has 0 saturated heterocycles. The minimum Gasteiger partial charge on any atom is -0.481 e. The third kappa shape index (κ3) is 6.95. The van der Waals surface area contributed by atoms with Crippen molar-refractivity contribution in [3.05, 3.63) is 35.4 Å². The number of aryl methyl sites for hydroxylation is 1. The highest BCUT2D eigenvalue weighted by molar-refractivity contribution is 5.89. The van der Waals surface area contributed by atoms with E-state index < -0.39 is 17.5 Å². The van der Waals surface area contributed by atoms with Gasteiger partial charge in [0.2, 0.25) is 5.91 Å². The van der Waals surface area contributed by atoms with Gasteiger partial charge in [-0.25, -0.2) is 4.79 Å². The fourth-order valence-electron chi connectivity index (χ4n) is 2.11. The molecule has 1 aromatic carbocycles. The number of rotatable bonds is 8. The number of carboxylic acids is 1. The molecule has 0 atom stereocenters. The molecule has 0 heterocycles. The average Bonchev–Trinajstić information content (AvgIpc) is 2.50. The van der Waals surface area contributed by atoms with E-state index in [9.17, 15) is 14.4 Å². The molecule has 0 spiro atoms. The van der Waals surface area contributed by atoms with E-state index >= 15 is 0 Å². The van der Waals surface area contributed by atoms with Gasteiger partial charge in [-0.15, -0.1) is 0 Å². The zero-order valence-electron chi connectivity index (χ0n) is 13.7. The Balaban J connectivity index is 2.46. The van der Waals surface area contributed by atoms with Crippen LogP contribution in [0.2, 0.25) is 0 Å². The average molecular weight is 321 g/mol. The predicted molar refractivity (Wildman–Crippen MR) is 85.2 cm³/mol. The molecule has 0 aliphatic rings. The Hall–Kier alpha value is -2.37. The highest BCUT2D eigenvalue weighted by Crippen LogP contribution is 2.13. The van der Waals surface area contributed by atoms with Gasteiger partial charge in [0.05, 0.1) is 12.7 Å². The first-order valence-corrected chi connectivity index (χ1v) is 7.43. The topological polar surface area (TPSA) is 92.7 Å². The minimum absolute atomic E-state index is 0.0161. The summed E-state index contributed by atoms with van der Waals surface area (Å²) in [5.74, 6) is -1.40. The van der Waals surface area contributed by atoms with Gasteiger partial charge in [-0.05, 0) is 44.4 Å². The van der Waals surface area contributed by atoms with Crippen LogP contribution in [0, 0.1) is 0 Å². The van der Waals surface area contributed by atoms with E-state index in [2.05, 4.69) is 10.1 Å². The maximum Gasteiger partial charge on any atom is 0.337 e. The number of amides is 1. The molecular formula is C17H23NO5. The van der Waals surface area contributed by atoms with Gasteiger partial charge in [0.1, 0.15) is 0 Å². The van der Waals surface area contributed by atoms with Crippen molar-refractivity contribution in [3.63, 3.8) is 0 Å². The maximum atomic E-state index is 12.0. The lowest BCUT2D eigenvalue weighted by atomic mass is 9.97. The van der Waals surface area contributed by atoms with Crippen molar-refractivity contribution < 1.29 is 24.2 Å². The fourth-order valence-corrected chi connectivity index (χ4v) is 2.11. The van der Waals surface area contributed by atoms with Crippen molar-refractivity contribution in [1.29, 1.82) is 0 Å². The first-order valence-electron chi connectivity index (χ1n) is 7.43. The van der Waals surface area contributed by atoms with Gasteiger partial charge in [0.25, 0.3) is 0 Å². The molecule has 0 aliphatic heterocycles. The standard InChI is InChI=1S/C17H23NO5/c1-17(2,11-10-15(20)21)18-14(19)9-6-12-4-7-13(8-5-12)16(22)23-3/h4-5,7-8H,6,9-11H2,1-3H3,(H,18,19)(H,20,21). The molecule has 6 heteroatoms. The maximum absolute atomic E-state index is 12.0. The molecule has 1 amide bonds. The highest BCUT2D eigenvalue weighted by Gasteiger charge is 2.21. The van der Waals surface area contributed by atoms with Gasteiger partial charge in [-0.1, -0.05) is 12.1 Å². The van der Waals surface area contributed by atoms with Crippen LogP contribution in [0.25, 0.3) is 0 Å². The number of methoxy groups -OCH3 is 1. The van der Waals surface area contributed by atoms with E-state index in [1.807, 2.05) is 0 Å². The molecule has 23 heavy (non-hydrogen) atoms. The summed E-state index contributed by atoms with van der Waals surface area (Å²) in [7, 11) is 1.33. The summed E-state index contributed by atoms with van der Waals surface area (Å²) in [4.78, 5) is 33.9. The van der Waals surface area contributed by atoms with Crippen molar-refractivity contribution in [3.8, 4) is 0 Å². The zero-order valence-corrected chi connectivity index (χ0v) is 13.7. The number of hydrogen-bond donors (Lipinski definition) is 2. The van der Waals surface area contributed by atoms with Gasteiger partial charge in [0.15, 0.2) is 0 Å². The largest absolute Gasteiger partial charge is 0.481 e. The molecule has 0 fully saturated rings. The third-order valence-corrected chi connectivity index (χ3v) is 3.46. The molecule has 0 radical (unpaired) electrons. The Morgan fingerprint density at radius 3 is 2.26 bits per heavy atom. The van der Waals surface area contributed by atoms with Crippen molar-refractivity contribution in [2.75, 3.05) is 7.11 Å². The van der Waals surface area contributed by atoms with Crippen LogP contribution >= 0.6 is 0 Å². The molecule has 6 nitrogen and oxygen atoms in total. The first kappa shape index (κ1) is 18.7. The van der Waals surface area contributed by atoms with Gasteiger partial charge in [0, 0.05) is 18.4 Å². The van der Waals surface area contributed by atoms with Crippen molar-refractivity contribution in [1.82, 2.24) is 5.32 Å². The minimum atomic E-state index is -0.877. The number of benzene rings is 1. The summed E-state index contributed by atoms with van der Waals surface area (Å²) in [6.07, 6.45) is 1.24. The van der Waals surface area contributed by atoms with E-state index in [0.29, 0.717) is 24.8 Å². The Labute approximate surface area is 135 Å². The van der Waals surface area contributed by atoms with Gasteiger partial charge < -0.3 is 15.2 Å². The first-order chi connectivity index (χ1) is 10.7. The van der Waals surface area contributed by atoms with Crippen LogP contribution in [-0.2, 0) is 20.7 Å². The predicted octanol–water partition coefficient (Wildman–Crippen LogP) is 2.17. The number of hydrogen-bond acceptors (Lipinski definition) is 4. The Morgan fingerprint density at radius 1 is 1.13 bits per heavy atom. The summed E-state index contributed by atoms with van der Waals surface area (Å²) in [5, 5.41) is 11.5. The van der Waals surface area contributed by atoms with Crippen molar-refractivity contribution >= 4 is 17.8 Å². The molecule has 2 N–H and O–H groups in total. The Kier molecular flexibility index (Phi) is 6.75. The number of nitrogens with one attached hydrogen (secondary N) is 1. The van der Waals surface area contributed by atoms with Gasteiger partial charge in [-0.2, -0.15) is 0 Å². The lowest BCUT2D eigenvalue weighted by molar-refractivity contribution is -0.137. The van der Waals surface area contributed by atoms with Crippen LogP contribution in [0.5, 0.6) is 0 Å². The molecule has 0 saturated carbocycles. The molecule has 0 bridgehead atoms. The lowest BCUT2D eigenvalue weighted by Crippen LogP contribution is -2.43. The van der Waals surface area contributed by atoms with E-state index in [4.69, 9.17) is 5.11 Å². The normalized spacial score (nSPS) is 10.9. The molecule has 0 aliphatic carbocycles. The number of ether oxygens (including phenoxy) is 1. The summed E-state index contributed by atoms with van der Waals surface area (Å²) in [6.45, 7) is 3.61. The van der Waals surface area contributed by atoms with Crippen LogP contribution in [0.1, 0.15) is 49.0 Å². The smallest absolute Gasteiger partial charge is 0.337 e. The van der Waals surface area contributed by atoms with E-state index in [-0.39, 0.29) is 12.3 Å². The Morgan fingerprint density at radius 2 is 1.74 bits per heavy atom. The molecule has 1 rings (SSSR count). The van der Waals surface area contributed by atoms with Gasteiger partial charge in [-0.3, -0.25) is 9.59 Å². The second kappa shape index (κ2) is 8.31. The number of esters is 1. The summed E-state index contributed by atoms with van der Waals surface area (Å²) in [6, 6.07) is 6.90. The SMILES string of the molecule is COC(=O)c1ccc(CCC(=O)NC(C)(C)CCC(=O)O)cc1. The molecule has 126 valence electrons. The van der Waals surface area contributed by atoms with E-state index in [0.717, 1.165) is 5.56 Å². The summed E-state index contributed by atoms with van der Waals surface area (Å²) < 4.78 is 4.62. The lowest BCUT2D eigenvalue weighted by Gasteiger charge is -2.25. The monoisotopic (exact) mass is 321 g/mol. The fraction of sp³-hybridized carbons (Fsp3) is 0.471. The number of aliphatic carboxylic acids is 1. The Bertz CT molecular complexity index is 563. The second-order valence-corrected chi connectivity index (χ2v) is 6.01. The van der Waals surface area contributed by atoms with Crippen molar-refractivity contribution in [2.45, 2.75) is 45.1 Å². The quantitative estimate of drug-likeness (QED) is 0.716. The summed E-state index contributed by atoms with van der Waals surface area (Å²) >= 11 is 0. The zero-order chi connectivity index (χ0) is 17.5. The third-order valence-electron chi connectivity index (χ3n) is 3.46. The van der Waals surface area contributed by atoms with Crippen LogP contribution in [0.15, 0.2) is 24.3 Å². The molecule has 1 aromatic rings. The number of carbonyl (C=O) groups is 3. The summed E-state index contributed by atoms with van der Waals surface area (Å²) in [5.41, 5.74) is 0.858. The van der Waals surface area contributed by atoms with Crippen LogP contribution in [0.4, 0.5) is 0 Å². The van der Waals surface area contributed by atoms with Crippen molar-refractivity contribution in [2.24, 2.45) is 0 Å². The second-order valence-electron chi connectivity index (χ2n) is 6.01. The van der Waals surface area contributed by atoms with Gasteiger partial charge >= 0.3 is 11.9 Å².